The van der Waals surface area contributed by atoms with E-state index in [1.807, 2.05) is 18.2 Å². The van der Waals surface area contributed by atoms with E-state index < -0.39 is 0 Å². The SMILES string of the molecule is CC(=O)N=c1sccn1CC(=O)c1ccccc1. The summed E-state index contributed by atoms with van der Waals surface area (Å²) in [7, 11) is 0. The van der Waals surface area contributed by atoms with E-state index in [0.29, 0.717) is 10.4 Å². The summed E-state index contributed by atoms with van der Waals surface area (Å²) in [6.45, 7) is 1.59. The highest BCUT2D eigenvalue weighted by Gasteiger charge is 2.07. The molecule has 0 bridgehead atoms. The van der Waals surface area contributed by atoms with Gasteiger partial charge < -0.3 is 4.57 Å². The van der Waals surface area contributed by atoms with Gasteiger partial charge in [-0.3, -0.25) is 9.59 Å². The molecule has 0 atom stereocenters. The van der Waals surface area contributed by atoms with E-state index in [0.717, 1.165) is 0 Å². The first-order valence-electron chi connectivity index (χ1n) is 5.44. The molecule has 5 heteroatoms. The van der Waals surface area contributed by atoms with E-state index in [9.17, 15) is 9.59 Å². The number of amides is 1. The number of thiazole rings is 1. The quantitative estimate of drug-likeness (QED) is 0.791. The van der Waals surface area contributed by atoms with E-state index in [1.54, 1.807) is 28.3 Å². The highest BCUT2D eigenvalue weighted by atomic mass is 32.1. The summed E-state index contributed by atoms with van der Waals surface area (Å²) in [5.41, 5.74) is 0.657. The summed E-state index contributed by atoms with van der Waals surface area (Å²) in [6, 6.07) is 9.07. The summed E-state index contributed by atoms with van der Waals surface area (Å²) in [4.78, 5) is 27.4. The first kappa shape index (κ1) is 12.4. The van der Waals surface area contributed by atoms with Crippen LogP contribution >= 0.6 is 11.3 Å². The molecule has 0 fully saturated rings. The maximum atomic E-state index is 12.0. The Morgan fingerprint density at radius 1 is 1.28 bits per heavy atom. The Kier molecular flexibility index (Phi) is 3.84. The zero-order chi connectivity index (χ0) is 13.0. The van der Waals surface area contributed by atoms with Crippen molar-refractivity contribution in [1.82, 2.24) is 4.57 Å². The Labute approximate surface area is 108 Å². The number of nitrogens with zero attached hydrogens (tertiary/aromatic N) is 2. The molecule has 92 valence electrons. The van der Waals surface area contributed by atoms with E-state index in [4.69, 9.17) is 0 Å². The molecule has 0 radical (unpaired) electrons. The predicted octanol–water partition coefficient (Wildman–Crippen LogP) is 1.88. The summed E-state index contributed by atoms with van der Waals surface area (Å²) >= 11 is 1.34. The number of carbonyl (C=O) groups excluding carboxylic acids is 2. The largest absolute Gasteiger partial charge is 0.316 e. The van der Waals surface area contributed by atoms with Crippen LogP contribution in [0.1, 0.15) is 17.3 Å². The third kappa shape index (κ3) is 3.01. The lowest BCUT2D eigenvalue weighted by atomic mass is 10.1. The fourth-order valence-electron chi connectivity index (χ4n) is 1.51. The van der Waals surface area contributed by atoms with Crippen molar-refractivity contribution in [2.24, 2.45) is 4.99 Å². The molecule has 1 heterocycles. The van der Waals surface area contributed by atoms with Gasteiger partial charge in [0, 0.05) is 24.1 Å². The van der Waals surface area contributed by atoms with Crippen LogP contribution in [0.25, 0.3) is 0 Å². The minimum absolute atomic E-state index is 0.000924. The van der Waals surface area contributed by atoms with Gasteiger partial charge in [-0.25, -0.2) is 0 Å². The first-order chi connectivity index (χ1) is 8.66. The molecule has 0 saturated heterocycles. The second-order valence-electron chi connectivity index (χ2n) is 3.73. The molecule has 2 aromatic rings. The van der Waals surface area contributed by atoms with Gasteiger partial charge in [-0.15, -0.1) is 11.3 Å². The molecule has 1 aromatic carbocycles. The maximum absolute atomic E-state index is 12.0. The normalized spacial score (nSPS) is 11.5. The van der Waals surface area contributed by atoms with Crippen LogP contribution in [0.4, 0.5) is 0 Å². The van der Waals surface area contributed by atoms with Gasteiger partial charge in [0.15, 0.2) is 10.6 Å². The van der Waals surface area contributed by atoms with Crippen molar-refractivity contribution in [2.45, 2.75) is 13.5 Å². The van der Waals surface area contributed by atoms with Crippen LogP contribution in [0, 0.1) is 0 Å². The van der Waals surface area contributed by atoms with E-state index in [2.05, 4.69) is 4.99 Å². The summed E-state index contributed by atoms with van der Waals surface area (Å²) in [5.74, 6) is -0.266. The zero-order valence-corrected chi connectivity index (χ0v) is 10.7. The Balaban J connectivity index is 2.23. The van der Waals surface area contributed by atoms with Crippen molar-refractivity contribution in [3.63, 3.8) is 0 Å². The van der Waals surface area contributed by atoms with Gasteiger partial charge in [-0.2, -0.15) is 4.99 Å². The lowest BCUT2D eigenvalue weighted by Crippen LogP contribution is -2.20. The van der Waals surface area contributed by atoms with E-state index in [-0.39, 0.29) is 18.2 Å². The van der Waals surface area contributed by atoms with Crippen molar-refractivity contribution in [3.05, 3.63) is 52.3 Å². The van der Waals surface area contributed by atoms with Crippen LogP contribution in [0.15, 0.2) is 46.9 Å². The second kappa shape index (κ2) is 5.55. The van der Waals surface area contributed by atoms with Crippen LogP contribution in [0.3, 0.4) is 0 Å². The van der Waals surface area contributed by atoms with Crippen LogP contribution < -0.4 is 4.80 Å². The standard InChI is InChI=1S/C13H12N2O2S/c1-10(16)14-13-15(7-8-18-13)9-12(17)11-5-3-2-4-6-11/h2-8H,9H2,1H3. The van der Waals surface area contributed by atoms with Crippen molar-refractivity contribution in [1.29, 1.82) is 0 Å². The van der Waals surface area contributed by atoms with Gasteiger partial charge in [-0.1, -0.05) is 30.3 Å². The maximum Gasteiger partial charge on any atom is 0.245 e. The van der Waals surface area contributed by atoms with Gasteiger partial charge in [0.1, 0.15) is 0 Å². The molecule has 2 rings (SSSR count). The number of hydrogen-bond donors (Lipinski definition) is 0. The van der Waals surface area contributed by atoms with Gasteiger partial charge in [-0.05, 0) is 0 Å². The summed E-state index contributed by atoms with van der Waals surface area (Å²) in [6.07, 6.45) is 1.76. The minimum Gasteiger partial charge on any atom is -0.316 e. The molecule has 0 spiro atoms. The van der Waals surface area contributed by atoms with E-state index >= 15 is 0 Å². The highest BCUT2D eigenvalue weighted by Crippen LogP contribution is 2.02. The molecule has 0 N–H and O–H groups in total. The summed E-state index contributed by atoms with van der Waals surface area (Å²) in [5, 5.41) is 1.81. The van der Waals surface area contributed by atoms with Crippen molar-refractivity contribution >= 4 is 23.0 Å². The minimum atomic E-state index is -0.265. The van der Waals surface area contributed by atoms with Gasteiger partial charge >= 0.3 is 0 Å². The van der Waals surface area contributed by atoms with Crippen LogP contribution in [0.5, 0.6) is 0 Å². The highest BCUT2D eigenvalue weighted by molar-refractivity contribution is 7.07. The number of Topliss-reactive ketones (excluding diaryl/α,β-unsaturated/α-hetero) is 1. The third-order valence-corrected chi connectivity index (χ3v) is 3.12. The average Bonchev–Trinajstić information content (AvgIpc) is 2.77. The monoisotopic (exact) mass is 260 g/mol. The van der Waals surface area contributed by atoms with Crippen LogP contribution in [0.2, 0.25) is 0 Å². The van der Waals surface area contributed by atoms with Crippen molar-refractivity contribution < 1.29 is 9.59 Å². The number of aromatic nitrogens is 1. The Bertz CT molecular complexity index is 626. The fourth-order valence-corrected chi connectivity index (χ4v) is 2.28. The van der Waals surface area contributed by atoms with Gasteiger partial charge in [0.05, 0.1) is 6.54 Å². The predicted molar refractivity (Wildman–Crippen MR) is 69.3 cm³/mol. The topological polar surface area (TPSA) is 51.4 Å². The Morgan fingerprint density at radius 2 is 2.00 bits per heavy atom. The lowest BCUT2D eigenvalue weighted by Gasteiger charge is -2.02. The molecular weight excluding hydrogens is 248 g/mol. The number of carbonyl (C=O) groups is 2. The number of hydrogen-bond acceptors (Lipinski definition) is 3. The molecule has 0 saturated carbocycles. The fraction of sp³-hybridized carbons (Fsp3) is 0.154. The Morgan fingerprint density at radius 3 is 2.67 bits per heavy atom. The Hall–Kier alpha value is -2.01. The van der Waals surface area contributed by atoms with Gasteiger partial charge in [0.2, 0.25) is 5.91 Å². The summed E-state index contributed by atoms with van der Waals surface area (Å²) < 4.78 is 1.68. The molecular formula is C13H12N2O2S. The van der Waals surface area contributed by atoms with Crippen molar-refractivity contribution in [3.8, 4) is 0 Å². The molecule has 1 aromatic heterocycles. The van der Waals surface area contributed by atoms with Crippen molar-refractivity contribution in [2.75, 3.05) is 0 Å². The lowest BCUT2D eigenvalue weighted by molar-refractivity contribution is -0.116. The molecule has 18 heavy (non-hydrogen) atoms. The van der Waals surface area contributed by atoms with E-state index in [1.165, 1.54) is 18.3 Å². The van der Waals surface area contributed by atoms with Gasteiger partial charge in [0.25, 0.3) is 0 Å². The molecule has 0 aliphatic carbocycles. The number of ketones is 1. The first-order valence-corrected chi connectivity index (χ1v) is 6.32. The molecule has 4 nitrogen and oxygen atoms in total. The number of benzene rings is 1. The molecule has 0 aliphatic heterocycles. The molecule has 1 amide bonds. The second-order valence-corrected chi connectivity index (χ2v) is 4.61. The average molecular weight is 260 g/mol. The molecule has 0 aliphatic rings. The third-order valence-electron chi connectivity index (χ3n) is 2.32. The molecule has 0 unspecified atom stereocenters. The zero-order valence-electron chi connectivity index (χ0n) is 9.87. The number of rotatable bonds is 3. The smallest absolute Gasteiger partial charge is 0.245 e. The van der Waals surface area contributed by atoms with Crippen LogP contribution in [-0.4, -0.2) is 16.3 Å². The van der Waals surface area contributed by atoms with Crippen LogP contribution in [-0.2, 0) is 11.3 Å².